The number of ketones is 2. The molecule has 0 radical (unpaired) electrons. The second kappa shape index (κ2) is 17.9. The summed E-state index contributed by atoms with van der Waals surface area (Å²) >= 11 is 5.94. The zero-order valence-corrected chi connectivity index (χ0v) is 29.2. The predicted octanol–water partition coefficient (Wildman–Crippen LogP) is 3.93. The van der Waals surface area contributed by atoms with Crippen molar-refractivity contribution in [1.29, 1.82) is 0 Å². The SMILES string of the molecule is CO[C@H]1/C=C\C=C(/C)C(=O)NC2=CC(=O)C(NC(=O)c3cccc(CCl)c3)=C(C[C@@H](C)C[C@H](OC)[C@H](O)[C@@H](C)/C=C(\C)[C@@H]1OC(N)=O)C2=O. The minimum absolute atomic E-state index is 0.000830. The molecular weight excluding hydrogens is 654 g/mol. The van der Waals surface area contributed by atoms with E-state index < -0.39 is 59.8 Å². The predicted molar refractivity (Wildman–Crippen MR) is 183 cm³/mol. The lowest BCUT2D eigenvalue weighted by Crippen LogP contribution is -2.38. The summed E-state index contributed by atoms with van der Waals surface area (Å²) in [6.45, 7) is 6.81. The lowest BCUT2D eigenvalue weighted by atomic mass is 9.85. The van der Waals surface area contributed by atoms with Crippen LogP contribution in [0.5, 0.6) is 0 Å². The van der Waals surface area contributed by atoms with Gasteiger partial charge in [0.25, 0.3) is 11.8 Å². The van der Waals surface area contributed by atoms with Gasteiger partial charge in [-0.2, -0.15) is 0 Å². The smallest absolute Gasteiger partial charge is 0.405 e. The van der Waals surface area contributed by atoms with Crippen LogP contribution in [0.4, 0.5) is 4.79 Å². The highest BCUT2D eigenvalue weighted by Crippen LogP contribution is 2.29. The van der Waals surface area contributed by atoms with Gasteiger partial charge in [0, 0.05) is 48.8 Å². The fourth-order valence-corrected chi connectivity index (χ4v) is 5.87. The average molecular weight is 698 g/mol. The van der Waals surface area contributed by atoms with Gasteiger partial charge in [0.15, 0.2) is 6.10 Å². The van der Waals surface area contributed by atoms with Crippen LogP contribution in [0.15, 0.2) is 82.8 Å². The molecule has 12 nitrogen and oxygen atoms in total. The van der Waals surface area contributed by atoms with Crippen LogP contribution in [-0.4, -0.2) is 73.2 Å². The third-order valence-corrected chi connectivity index (χ3v) is 8.68. The van der Waals surface area contributed by atoms with Gasteiger partial charge in [0.1, 0.15) is 6.10 Å². The number of ether oxygens (including phenoxy) is 3. The van der Waals surface area contributed by atoms with Crippen molar-refractivity contribution in [3.8, 4) is 0 Å². The Morgan fingerprint density at radius 2 is 1.84 bits per heavy atom. The third-order valence-electron chi connectivity index (χ3n) is 8.38. The highest BCUT2D eigenvalue weighted by molar-refractivity contribution is 6.24. The largest absolute Gasteiger partial charge is 0.439 e. The zero-order valence-electron chi connectivity index (χ0n) is 28.5. The number of carbonyl (C=O) groups is 5. The Labute approximate surface area is 291 Å². The minimum Gasteiger partial charge on any atom is -0.439 e. The Morgan fingerprint density at radius 3 is 2.47 bits per heavy atom. The number of alkyl halides is 1. The number of hydrogen-bond acceptors (Lipinski definition) is 9. The number of methoxy groups -OCH3 is 2. The summed E-state index contributed by atoms with van der Waals surface area (Å²) in [6, 6.07) is 6.55. The van der Waals surface area contributed by atoms with Gasteiger partial charge >= 0.3 is 6.09 Å². The van der Waals surface area contributed by atoms with E-state index in [1.807, 2.05) is 6.92 Å². The van der Waals surface area contributed by atoms with Crippen LogP contribution < -0.4 is 16.4 Å². The first kappa shape index (κ1) is 39.1. The van der Waals surface area contributed by atoms with Gasteiger partial charge in [-0.05, 0) is 55.9 Å². The number of hydrogen-bond donors (Lipinski definition) is 4. The molecule has 264 valence electrons. The van der Waals surface area contributed by atoms with E-state index in [9.17, 15) is 29.1 Å². The van der Waals surface area contributed by atoms with Crippen LogP contribution in [0.25, 0.3) is 0 Å². The van der Waals surface area contributed by atoms with E-state index in [-0.39, 0.29) is 52.7 Å². The van der Waals surface area contributed by atoms with Crippen LogP contribution >= 0.6 is 11.6 Å². The molecule has 6 atom stereocenters. The molecule has 5 N–H and O–H groups in total. The quantitative estimate of drug-likeness (QED) is 0.194. The third kappa shape index (κ3) is 10.3. The topological polar surface area (TPSA) is 183 Å². The van der Waals surface area contributed by atoms with Crippen molar-refractivity contribution >= 4 is 41.1 Å². The first-order chi connectivity index (χ1) is 23.2. The molecule has 3 amide bonds. The molecule has 1 heterocycles. The molecule has 0 unspecified atom stereocenters. The molecule has 1 aliphatic heterocycles. The molecule has 0 spiro atoms. The van der Waals surface area contributed by atoms with E-state index in [2.05, 4.69) is 10.6 Å². The van der Waals surface area contributed by atoms with E-state index in [1.54, 1.807) is 50.3 Å². The number of benzene rings is 1. The number of Topliss-reactive ketones (excluding diaryl/α,β-unsaturated/α-hetero) is 1. The summed E-state index contributed by atoms with van der Waals surface area (Å²) in [5, 5.41) is 16.5. The molecule has 0 saturated carbocycles. The van der Waals surface area contributed by atoms with E-state index in [0.29, 0.717) is 11.1 Å². The number of aliphatic hydroxyl groups excluding tert-OH is 1. The Kier molecular flexibility index (Phi) is 14.3. The maximum absolute atomic E-state index is 13.9. The fourth-order valence-electron chi connectivity index (χ4n) is 5.70. The average Bonchev–Trinajstić information content (AvgIpc) is 3.07. The molecule has 0 fully saturated rings. The van der Waals surface area contributed by atoms with Gasteiger partial charge in [-0.3, -0.25) is 19.2 Å². The lowest BCUT2D eigenvalue weighted by Gasteiger charge is -2.30. The number of rotatable bonds is 6. The summed E-state index contributed by atoms with van der Waals surface area (Å²) in [5.41, 5.74) is 6.57. The highest BCUT2D eigenvalue weighted by atomic mass is 35.5. The van der Waals surface area contributed by atoms with E-state index in [1.165, 1.54) is 33.3 Å². The number of halogens is 1. The van der Waals surface area contributed by atoms with Gasteiger partial charge in [0.2, 0.25) is 11.6 Å². The zero-order chi connectivity index (χ0) is 36.4. The van der Waals surface area contributed by atoms with Crippen molar-refractivity contribution in [3.05, 3.63) is 93.9 Å². The van der Waals surface area contributed by atoms with Crippen molar-refractivity contribution in [3.63, 3.8) is 0 Å². The van der Waals surface area contributed by atoms with E-state index >= 15 is 0 Å². The van der Waals surface area contributed by atoms with Crippen LogP contribution in [0.1, 0.15) is 56.5 Å². The highest BCUT2D eigenvalue weighted by Gasteiger charge is 2.34. The Bertz CT molecular complexity index is 1610. The first-order valence-corrected chi connectivity index (χ1v) is 16.3. The molecule has 1 aromatic carbocycles. The van der Waals surface area contributed by atoms with Crippen molar-refractivity contribution in [2.45, 2.75) is 70.8 Å². The number of nitrogens with one attached hydrogen (secondary N) is 2. The Morgan fingerprint density at radius 1 is 1.12 bits per heavy atom. The Balaban J connectivity index is 2.10. The monoisotopic (exact) mass is 697 g/mol. The number of carbonyl (C=O) groups excluding carboxylic acids is 5. The number of allylic oxidation sites excluding steroid dienone is 4. The number of amides is 3. The summed E-state index contributed by atoms with van der Waals surface area (Å²) in [4.78, 5) is 65.6. The molecule has 49 heavy (non-hydrogen) atoms. The number of nitrogens with two attached hydrogens (primary N) is 1. The molecule has 1 aliphatic carbocycles. The first-order valence-electron chi connectivity index (χ1n) is 15.7. The summed E-state index contributed by atoms with van der Waals surface area (Å²) in [7, 11) is 2.86. The van der Waals surface area contributed by atoms with Gasteiger partial charge in [-0.25, -0.2) is 4.79 Å². The standard InChI is InChI=1S/C36H44ClN3O9/c1-19-13-25-30(40-35(45)24-11-8-10-23(16-24)18-37)27(41)17-26(32(25)43)39-34(44)20(2)9-7-12-28(47-5)33(49-36(38)46)22(4)15-21(3)31(42)29(14-19)48-6/h7-12,15-17,19,21,28-29,31,33,42H,13-14,18H2,1-6H3,(H2,38,46)(H,39,44)(H,40,45)/b12-7-,20-9+,22-15+/t19-,21+,28+,29+,31-,33+/m1/s1. The van der Waals surface area contributed by atoms with Gasteiger partial charge in [0.05, 0.1) is 23.6 Å². The summed E-state index contributed by atoms with van der Waals surface area (Å²) in [5.74, 6) is -3.27. The van der Waals surface area contributed by atoms with Crippen molar-refractivity contribution in [2.75, 3.05) is 14.2 Å². The van der Waals surface area contributed by atoms with Gasteiger partial charge < -0.3 is 35.7 Å². The molecule has 0 aromatic heterocycles. The molecule has 2 bridgehead atoms. The molecule has 1 aromatic rings. The molecule has 2 aliphatic rings. The second-order valence-corrected chi connectivity index (χ2v) is 12.5. The summed E-state index contributed by atoms with van der Waals surface area (Å²) < 4.78 is 16.6. The number of aliphatic hydroxyl groups is 1. The second-order valence-electron chi connectivity index (χ2n) is 12.2. The molecule has 0 saturated heterocycles. The number of fused-ring (bicyclic) bond motifs is 2. The van der Waals surface area contributed by atoms with Gasteiger partial charge in [-0.15, -0.1) is 11.6 Å². The lowest BCUT2D eigenvalue weighted by molar-refractivity contribution is -0.120. The van der Waals surface area contributed by atoms with Gasteiger partial charge in [-0.1, -0.05) is 50.3 Å². The summed E-state index contributed by atoms with van der Waals surface area (Å²) in [6.07, 6.45) is 2.93. The minimum atomic E-state index is -1.04. The van der Waals surface area contributed by atoms with Crippen LogP contribution in [0.3, 0.4) is 0 Å². The van der Waals surface area contributed by atoms with E-state index in [0.717, 1.165) is 6.08 Å². The van der Waals surface area contributed by atoms with Crippen molar-refractivity contribution < 1.29 is 43.3 Å². The molecule has 3 rings (SSSR count). The maximum Gasteiger partial charge on any atom is 0.405 e. The van der Waals surface area contributed by atoms with Crippen LogP contribution in [-0.2, 0) is 34.5 Å². The van der Waals surface area contributed by atoms with Crippen LogP contribution in [0.2, 0.25) is 0 Å². The number of primary amides is 1. The molecular formula is C36H44ClN3O9. The van der Waals surface area contributed by atoms with E-state index in [4.69, 9.17) is 31.5 Å². The molecule has 13 heteroatoms. The van der Waals surface area contributed by atoms with Crippen molar-refractivity contribution in [1.82, 2.24) is 10.6 Å². The Hall–Kier alpha value is -4.36. The fraction of sp³-hybridized carbons (Fsp3) is 0.417. The normalized spacial score (nSPS) is 28.7. The van der Waals surface area contributed by atoms with Crippen LogP contribution in [0, 0.1) is 11.8 Å². The maximum atomic E-state index is 13.9. The van der Waals surface area contributed by atoms with Crippen molar-refractivity contribution in [2.24, 2.45) is 17.6 Å².